The van der Waals surface area contributed by atoms with Crippen LogP contribution in [-0.4, -0.2) is 40.8 Å². The molecule has 0 aliphatic carbocycles. The highest BCUT2D eigenvalue weighted by molar-refractivity contribution is 5.83. The van der Waals surface area contributed by atoms with Crippen molar-refractivity contribution < 1.29 is 14.4 Å². The first-order valence-electron chi connectivity index (χ1n) is 7.91. The number of amides is 1. The van der Waals surface area contributed by atoms with Gasteiger partial charge in [-0.3, -0.25) is 4.79 Å². The van der Waals surface area contributed by atoms with Gasteiger partial charge in [0.1, 0.15) is 5.76 Å². The average molecular weight is 316 g/mol. The van der Waals surface area contributed by atoms with Gasteiger partial charge in [-0.05, 0) is 32.8 Å². The van der Waals surface area contributed by atoms with E-state index in [1.165, 1.54) is 5.56 Å². The van der Waals surface area contributed by atoms with E-state index in [2.05, 4.69) is 5.16 Å². The van der Waals surface area contributed by atoms with Crippen molar-refractivity contribution in [3.8, 4) is 0 Å². The molecule has 0 saturated heterocycles. The van der Waals surface area contributed by atoms with E-state index in [0.29, 0.717) is 18.8 Å². The van der Waals surface area contributed by atoms with E-state index in [4.69, 9.17) is 4.52 Å². The fourth-order valence-electron chi connectivity index (χ4n) is 2.87. The number of carbonyl (C=O) groups is 1. The van der Waals surface area contributed by atoms with Gasteiger partial charge in [-0.15, -0.1) is 0 Å². The number of hydrogen-bond acceptors (Lipinski definition) is 4. The number of benzene rings is 1. The first kappa shape index (κ1) is 17.2. The van der Waals surface area contributed by atoms with Crippen molar-refractivity contribution in [2.24, 2.45) is 0 Å². The lowest BCUT2D eigenvalue weighted by Crippen LogP contribution is -2.38. The van der Waals surface area contributed by atoms with E-state index in [0.717, 1.165) is 17.7 Å². The third-order valence-corrected chi connectivity index (χ3v) is 4.09. The molecular weight excluding hydrogens is 292 g/mol. The lowest BCUT2D eigenvalue weighted by molar-refractivity contribution is -0.133. The molecule has 1 heterocycles. The van der Waals surface area contributed by atoms with Crippen LogP contribution in [0.3, 0.4) is 0 Å². The zero-order valence-electron chi connectivity index (χ0n) is 14.0. The fourth-order valence-corrected chi connectivity index (χ4v) is 2.87. The summed E-state index contributed by atoms with van der Waals surface area (Å²) in [5.74, 6) is 0.336. The Morgan fingerprint density at radius 2 is 1.96 bits per heavy atom. The van der Waals surface area contributed by atoms with Crippen molar-refractivity contribution >= 4 is 5.91 Å². The molecule has 2 rings (SSSR count). The summed E-state index contributed by atoms with van der Waals surface area (Å²) >= 11 is 0. The van der Waals surface area contributed by atoms with E-state index in [-0.39, 0.29) is 18.4 Å². The molecule has 1 amide bonds. The molecule has 0 aliphatic heterocycles. The molecule has 5 heteroatoms. The number of hydrogen-bond donors (Lipinski definition) is 1. The Hall–Kier alpha value is -2.14. The lowest BCUT2D eigenvalue weighted by Gasteiger charge is -2.25. The van der Waals surface area contributed by atoms with Gasteiger partial charge in [-0.1, -0.05) is 35.5 Å². The number of carbonyl (C=O) groups excluding carboxylic acids is 1. The number of nitrogens with zero attached hydrogens (tertiary/aromatic N) is 2. The highest BCUT2D eigenvalue weighted by atomic mass is 16.5. The second-order valence-corrected chi connectivity index (χ2v) is 5.74. The Balaban J connectivity index is 2.08. The normalized spacial score (nSPS) is 12.2. The predicted octanol–water partition coefficient (Wildman–Crippen LogP) is 2.46. The number of aromatic nitrogens is 1. The molecule has 0 fully saturated rings. The highest BCUT2D eigenvalue weighted by Gasteiger charge is 2.26. The molecule has 1 atom stereocenters. The Morgan fingerprint density at radius 3 is 2.52 bits per heavy atom. The highest BCUT2D eigenvalue weighted by Crippen LogP contribution is 2.25. The van der Waals surface area contributed by atoms with Crippen LogP contribution in [0.4, 0.5) is 0 Å². The summed E-state index contributed by atoms with van der Waals surface area (Å²) in [4.78, 5) is 14.5. The van der Waals surface area contributed by atoms with Crippen molar-refractivity contribution in [2.75, 3.05) is 19.7 Å². The summed E-state index contributed by atoms with van der Waals surface area (Å²) in [5.41, 5.74) is 2.77. The van der Waals surface area contributed by atoms with E-state index >= 15 is 0 Å². The van der Waals surface area contributed by atoms with Gasteiger partial charge in [0.25, 0.3) is 0 Å². The molecular formula is C18H24N2O3. The van der Waals surface area contributed by atoms with Crippen molar-refractivity contribution in [1.82, 2.24) is 10.1 Å². The van der Waals surface area contributed by atoms with Crippen LogP contribution in [-0.2, 0) is 11.2 Å². The van der Waals surface area contributed by atoms with Gasteiger partial charge in [0, 0.05) is 18.7 Å². The molecule has 124 valence electrons. The van der Waals surface area contributed by atoms with Crippen molar-refractivity contribution in [1.29, 1.82) is 0 Å². The zero-order chi connectivity index (χ0) is 16.8. The quantitative estimate of drug-likeness (QED) is 0.852. The molecule has 0 saturated carbocycles. The molecule has 23 heavy (non-hydrogen) atoms. The van der Waals surface area contributed by atoms with Crippen LogP contribution in [0, 0.1) is 13.8 Å². The Bertz CT molecular complexity index is 617. The Kier molecular flexibility index (Phi) is 5.93. The molecule has 1 unspecified atom stereocenters. The Morgan fingerprint density at radius 1 is 1.26 bits per heavy atom. The molecule has 0 bridgehead atoms. The summed E-state index contributed by atoms with van der Waals surface area (Å²) in [5, 5.41) is 13.2. The summed E-state index contributed by atoms with van der Waals surface area (Å²) < 4.78 is 5.17. The van der Waals surface area contributed by atoms with E-state index < -0.39 is 0 Å². The minimum absolute atomic E-state index is 0.00983. The number of aryl methyl sites for hydroxylation is 2. The van der Waals surface area contributed by atoms with Gasteiger partial charge < -0.3 is 14.5 Å². The van der Waals surface area contributed by atoms with E-state index in [1.54, 1.807) is 4.90 Å². The van der Waals surface area contributed by atoms with Crippen LogP contribution in [0.2, 0.25) is 0 Å². The van der Waals surface area contributed by atoms with Crippen LogP contribution < -0.4 is 0 Å². The standard InChI is InChI=1S/C18H24N2O3/c1-13(17-14(2)19-23-15(17)3)18(22)20(11-12-21)10-9-16-7-5-4-6-8-16/h4-8,13,21H,9-12H2,1-3H3. The molecule has 0 radical (unpaired) electrons. The van der Waals surface area contributed by atoms with Crippen molar-refractivity contribution in [2.45, 2.75) is 33.1 Å². The second kappa shape index (κ2) is 7.92. The topological polar surface area (TPSA) is 66.6 Å². The maximum absolute atomic E-state index is 12.8. The van der Waals surface area contributed by atoms with Gasteiger partial charge in [-0.25, -0.2) is 0 Å². The smallest absolute Gasteiger partial charge is 0.230 e. The van der Waals surface area contributed by atoms with Gasteiger partial charge in [0.15, 0.2) is 0 Å². The summed E-state index contributed by atoms with van der Waals surface area (Å²) in [7, 11) is 0. The van der Waals surface area contributed by atoms with E-state index in [9.17, 15) is 9.90 Å². The molecule has 5 nitrogen and oxygen atoms in total. The van der Waals surface area contributed by atoms with Gasteiger partial charge in [0.05, 0.1) is 18.2 Å². The van der Waals surface area contributed by atoms with Crippen LogP contribution in [0.5, 0.6) is 0 Å². The minimum atomic E-state index is -0.330. The van der Waals surface area contributed by atoms with Crippen LogP contribution in [0.25, 0.3) is 0 Å². The van der Waals surface area contributed by atoms with Crippen LogP contribution >= 0.6 is 0 Å². The number of aliphatic hydroxyl groups excluding tert-OH is 1. The molecule has 0 spiro atoms. The Labute approximate surface area is 136 Å². The molecule has 1 aromatic heterocycles. The SMILES string of the molecule is Cc1noc(C)c1C(C)C(=O)N(CCO)CCc1ccccc1. The van der Waals surface area contributed by atoms with Crippen LogP contribution in [0.15, 0.2) is 34.9 Å². The maximum atomic E-state index is 12.8. The third kappa shape index (κ3) is 4.20. The zero-order valence-corrected chi connectivity index (χ0v) is 14.0. The summed E-state index contributed by atoms with van der Waals surface area (Å²) in [6.07, 6.45) is 0.765. The fraction of sp³-hybridized carbons (Fsp3) is 0.444. The predicted molar refractivity (Wildman–Crippen MR) is 88.2 cm³/mol. The minimum Gasteiger partial charge on any atom is -0.395 e. The molecule has 0 aliphatic rings. The second-order valence-electron chi connectivity index (χ2n) is 5.74. The van der Waals surface area contributed by atoms with E-state index in [1.807, 2.05) is 51.1 Å². The van der Waals surface area contributed by atoms with Gasteiger partial charge >= 0.3 is 0 Å². The van der Waals surface area contributed by atoms with Crippen LogP contribution in [0.1, 0.15) is 35.4 Å². The summed E-state index contributed by atoms with van der Waals surface area (Å²) in [6, 6.07) is 10.0. The largest absolute Gasteiger partial charge is 0.395 e. The first-order valence-corrected chi connectivity index (χ1v) is 7.91. The number of rotatable bonds is 7. The monoisotopic (exact) mass is 316 g/mol. The lowest BCUT2D eigenvalue weighted by atomic mass is 9.97. The maximum Gasteiger partial charge on any atom is 0.230 e. The summed E-state index contributed by atoms with van der Waals surface area (Å²) in [6.45, 7) is 6.39. The molecule has 1 N–H and O–H groups in total. The molecule has 1 aromatic carbocycles. The van der Waals surface area contributed by atoms with Gasteiger partial charge in [0.2, 0.25) is 5.91 Å². The van der Waals surface area contributed by atoms with Gasteiger partial charge in [-0.2, -0.15) is 0 Å². The number of aliphatic hydroxyl groups is 1. The van der Waals surface area contributed by atoms with Crippen molar-refractivity contribution in [3.63, 3.8) is 0 Å². The average Bonchev–Trinajstić information content (AvgIpc) is 2.90. The van der Waals surface area contributed by atoms with Crippen molar-refractivity contribution in [3.05, 3.63) is 52.9 Å². The molecule has 2 aromatic rings. The first-order chi connectivity index (χ1) is 11.0. The third-order valence-electron chi connectivity index (χ3n) is 4.09.